The van der Waals surface area contributed by atoms with E-state index in [1.807, 2.05) is 0 Å². The maximum Gasteiger partial charge on any atom is 0.380 e. The third-order valence-corrected chi connectivity index (χ3v) is 5.31. The lowest BCUT2D eigenvalue weighted by atomic mass is 9.88. The van der Waals surface area contributed by atoms with Gasteiger partial charge in [-0.1, -0.05) is 0 Å². The highest BCUT2D eigenvalue weighted by atomic mass is 32.2. The van der Waals surface area contributed by atoms with E-state index >= 15 is 0 Å². The van der Waals surface area contributed by atoms with Crippen LogP contribution in [-0.4, -0.2) is 42.4 Å². The Morgan fingerprint density at radius 2 is 2.10 bits per heavy atom. The average Bonchev–Trinajstić information content (AvgIpc) is 2.91. The Kier molecular flexibility index (Phi) is 3.04. The second-order valence-electron chi connectivity index (χ2n) is 5.65. The molecule has 5 unspecified atom stereocenters. The molecule has 5 atom stereocenters. The highest BCUT2D eigenvalue weighted by Gasteiger charge is 2.63. The van der Waals surface area contributed by atoms with Crippen LogP contribution in [0.5, 0.6) is 0 Å². The number of hydrogen-bond donors (Lipinski definition) is 1. The molecule has 2 bridgehead atoms. The highest BCUT2D eigenvalue weighted by molar-refractivity contribution is 7.86. The fraction of sp³-hybridized carbons (Fsp3) is 0.818. The summed E-state index contributed by atoms with van der Waals surface area (Å²) in [6.07, 6.45) is -2.13. The predicted octanol–water partition coefficient (Wildman–Crippen LogP) is 0.350. The van der Waals surface area contributed by atoms with Crippen molar-refractivity contribution in [2.75, 3.05) is 0 Å². The molecule has 0 aromatic rings. The fourth-order valence-corrected chi connectivity index (χ4v) is 3.82. The molecule has 0 spiro atoms. The van der Waals surface area contributed by atoms with Crippen molar-refractivity contribution in [3.05, 3.63) is 0 Å². The van der Waals surface area contributed by atoms with Crippen molar-refractivity contribution in [1.82, 2.24) is 0 Å². The van der Waals surface area contributed by atoms with Gasteiger partial charge in [-0.05, 0) is 12.8 Å². The number of fused-ring (bicyclic) bond motifs is 1. The summed E-state index contributed by atoms with van der Waals surface area (Å²) in [6, 6.07) is 0. The van der Waals surface area contributed by atoms with Gasteiger partial charge in [-0.3, -0.25) is 14.1 Å². The Bertz CT molecular complexity index is 602. The molecule has 1 saturated heterocycles. The maximum atomic E-state index is 13.1. The first-order valence-electron chi connectivity index (χ1n) is 6.35. The van der Waals surface area contributed by atoms with Crippen molar-refractivity contribution in [3.8, 4) is 0 Å². The van der Waals surface area contributed by atoms with E-state index in [0.717, 1.165) is 0 Å². The quantitative estimate of drug-likeness (QED) is 0.587. The van der Waals surface area contributed by atoms with Crippen LogP contribution in [0.4, 0.5) is 8.78 Å². The van der Waals surface area contributed by atoms with Gasteiger partial charge in [0.1, 0.15) is 18.6 Å². The predicted molar refractivity (Wildman–Crippen MR) is 60.6 cm³/mol. The largest absolute Gasteiger partial charge is 0.458 e. The SMILES string of the molecule is O=C(CC(F)(F)S(=O)(=O)O)OC1C2CC3C(=O)OC1C3C2. The van der Waals surface area contributed by atoms with Gasteiger partial charge in [0.15, 0.2) is 0 Å². The first kappa shape index (κ1) is 14.6. The molecule has 2 saturated carbocycles. The van der Waals surface area contributed by atoms with E-state index in [2.05, 4.69) is 0 Å². The summed E-state index contributed by atoms with van der Waals surface area (Å²) in [7, 11) is -5.68. The smallest absolute Gasteiger partial charge is 0.380 e. The molecule has 10 heteroatoms. The van der Waals surface area contributed by atoms with Gasteiger partial charge >= 0.3 is 27.3 Å². The van der Waals surface area contributed by atoms with Gasteiger partial charge in [0.05, 0.1) is 5.92 Å². The standard InChI is InChI=1S/C11H12F2O7S/c12-11(13,21(16,17)18)3-7(14)19-8-4-1-5-6(2-4)10(15)20-9(5)8/h4-6,8-9H,1-3H2,(H,16,17,18). The van der Waals surface area contributed by atoms with Gasteiger partial charge in [-0.15, -0.1) is 0 Å². The first-order chi connectivity index (χ1) is 9.60. The zero-order chi connectivity index (χ0) is 15.6. The van der Waals surface area contributed by atoms with Gasteiger partial charge in [-0.2, -0.15) is 17.2 Å². The van der Waals surface area contributed by atoms with E-state index < -0.39 is 40.0 Å². The van der Waals surface area contributed by atoms with E-state index in [4.69, 9.17) is 14.0 Å². The molecular formula is C11H12F2O7S. The van der Waals surface area contributed by atoms with Crippen LogP contribution in [0.1, 0.15) is 19.3 Å². The third-order valence-electron chi connectivity index (χ3n) is 4.41. The van der Waals surface area contributed by atoms with Gasteiger partial charge < -0.3 is 9.47 Å². The van der Waals surface area contributed by atoms with Crippen LogP contribution in [0.2, 0.25) is 0 Å². The summed E-state index contributed by atoms with van der Waals surface area (Å²) in [5.74, 6) is -2.24. The number of carbonyl (C=O) groups excluding carboxylic acids is 2. The van der Waals surface area contributed by atoms with Crippen molar-refractivity contribution in [2.45, 2.75) is 36.7 Å². The summed E-state index contributed by atoms with van der Waals surface area (Å²) in [6.45, 7) is 0. The van der Waals surface area contributed by atoms with E-state index in [9.17, 15) is 26.8 Å². The summed E-state index contributed by atoms with van der Waals surface area (Å²) in [4.78, 5) is 23.0. The van der Waals surface area contributed by atoms with Gasteiger partial charge in [0.2, 0.25) is 0 Å². The van der Waals surface area contributed by atoms with Crippen LogP contribution in [-0.2, 0) is 29.2 Å². The molecule has 1 N–H and O–H groups in total. The highest BCUT2D eigenvalue weighted by Crippen LogP contribution is 2.55. The van der Waals surface area contributed by atoms with Gasteiger partial charge in [0, 0.05) is 11.8 Å². The van der Waals surface area contributed by atoms with Crippen molar-refractivity contribution < 1.29 is 40.8 Å². The zero-order valence-corrected chi connectivity index (χ0v) is 11.4. The van der Waals surface area contributed by atoms with Gasteiger partial charge in [0.25, 0.3) is 0 Å². The van der Waals surface area contributed by atoms with Gasteiger partial charge in [-0.25, -0.2) is 0 Å². The topological polar surface area (TPSA) is 107 Å². The molecular weight excluding hydrogens is 314 g/mol. The molecule has 7 nitrogen and oxygen atoms in total. The van der Waals surface area contributed by atoms with Crippen molar-refractivity contribution in [1.29, 1.82) is 0 Å². The molecule has 0 amide bonds. The average molecular weight is 326 g/mol. The molecule has 0 aromatic heterocycles. The third kappa shape index (κ3) is 2.20. The molecule has 118 valence electrons. The van der Waals surface area contributed by atoms with E-state index in [1.54, 1.807) is 0 Å². The summed E-state index contributed by atoms with van der Waals surface area (Å²) in [5.41, 5.74) is 0. The first-order valence-corrected chi connectivity index (χ1v) is 7.79. The van der Waals surface area contributed by atoms with Crippen LogP contribution in [0.3, 0.4) is 0 Å². The van der Waals surface area contributed by atoms with Crippen molar-refractivity contribution in [2.24, 2.45) is 17.8 Å². The molecule has 21 heavy (non-hydrogen) atoms. The van der Waals surface area contributed by atoms with Crippen LogP contribution in [0.25, 0.3) is 0 Å². The number of halogens is 2. The monoisotopic (exact) mass is 326 g/mol. The van der Waals surface area contributed by atoms with Crippen LogP contribution < -0.4 is 0 Å². The lowest BCUT2D eigenvalue weighted by Crippen LogP contribution is -2.38. The Morgan fingerprint density at radius 1 is 1.43 bits per heavy atom. The summed E-state index contributed by atoms with van der Waals surface area (Å²) < 4.78 is 65.3. The lowest BCUT2D eigenvalue weighted by molar-refractivity contribution is -0.165. The van der Waals surface area contributed by atoms with E-state index in [0.29, 0.717) is 12.8 Å². The Labute approximate surface area is 118 Å². The number of hydrogen-bond acceptors (Lipinski definition) is 6. The second-order valence-corrected chi connectivity index (χ2v) is 7.19. The molecule has 1 heterocycles. The van der Waals surface area contributed by atoms with Crippen LogP contribution in [0.15, 0.2) is 0 Å². The summed E-state index contributed by atoms with van der Waals surface area (Å²) in [5, 5.41) is -4.60. The van der Waals surface area contributed by atoms with E-state index in [-0.39, 0.29) is 23.7 Å². The normalized spacial score (nSPS) is 37.7. The Morgan fingerprint density at radius 3 is 2.71 bits per heavy atom. The summed E-state index contributed by atoms with van der Waals surface area (Å²) >= 11 is 0. The molecule has 2 aliphatic carbocycles. The Hall–Kier alpha value is -1.29. The molecule has 3 aliphatic rings. The maximum absolute atomic E-state index is 13.1. The number of alkyl halides is 2. The van der Waals surface area contributed by atoms with Crippen molar-refractivity contribution >= 4 is 22.1 Å². The number of rotatable bonds is 4. The molecule has 3 fully saturated rings. The van der Waals surface area contributed by atoms with Crippen LogP contribution in [0, 0.1) is 17.8 Å². The minimum Gasteiger partial charge on any atom is -0.458 e. The number of carbonyl (C=O) groups is 2. The number of esters is 2. The zero-order valence-electron chi connectivity index (χ0n) is 10.6. The Balaban J connectivity index is 1.66. The molecule has 0 radical (unpaired) electrons. The second kappa shape index (κ2) is 4.35. The molecule has 1 aliphatic heterocycles. The fourth-order valence-electron chi connectivity index (χ4n) is 3.52. The molecule has 0 aromatic carbocycles. The number of ether oxygens (including phenoxy) is 2. The minimum absolute atomic E-state index is 0.0672. The van der Waals surface area contributed by atoms with Crippen molar-refractivity contribution in [3.63, 3.8) is 0 Å². The minimum atomic E-state index is -5.68. The lowest BCUT2D eigenvalue weighted by Gasteiger charge is -2.25. The van der Waals surface area contributed by atoms with Crippen LogP contribution >= 0.6 is 0 Å². The van der Waals surface area contributed by atoms with E-state index in [1.165, 1.54) is 0 Å². The molecule has 3 rings (SSSR count).